The molecule has 0 radical (unpaired) electrons. The van der Waals surface area contributed by atoms with Gasteiger partial charge in [0.15, 0.2) is 0 Å². The van der Waals surface area contributed by atoms with Crippen LogP contribution in [0.4, 0.5) is 5.69 Å². The summed E-state index contributed by atoms with van der Waals surface area (Å²) in [4.78, 5) is 11.2. The minimum absolute atomic E-state index is 0.327. The van der Waals surface area contributed by atoms with Crippen molar-refractivity contribution in [3.63, 3.8) is 0 Å². The largest absolute Gasteiger partial charge is 0.478 e. The fourth-order valence-corrected chi connectivity index (χ4v) is 2.31. The second-order valence-corrected chi connectivity index (χ2v) is 5.00. The molecular weight excluding hydrogens is 282 g/mol. The number of hydrogen-bond acceptors (Lipinski definition) is 2. The van der Waals surface area contributed by atoms with E-state index in [1.54, 1.807) is 6.07 Å². The van der Waals surface area contributed by atoms with E-state index in [1.165, 1.54) is 0 Å². The molecule has 0 aliphatic carbocycles. The van der Waals surface area contributed by atoms with E-state index >= 15 is 0 Å². The van der Waals surface area contributed by atoms with Gasteiger partial charge >= 0.3 is 5.97 Å². The first kappa shape index (κ1) is 14.0. The van der Waals surface area contributed by atoms with Crippen LogP contribution in [-0.2, 0) is 0 Å². The highest BCUT2D eigenvalue weighted by Gasteiger charge is 2.13. The number of carbonyl (C=O) groups is 1. The fourth-order valence-electron chi connectivity index (χ4n) is 1.73. The molecule has 0 heterocycles. The third-order valence-corrected chi connectivity index (χ3v) is 3.07. The number of carboxylic acid groups (broad SMARTS) is 1. The van der Waals surface area contributed by atoms with Crippen LogP contribution in [0, 0.1) is 6.92 Å². The lowest BCUT2D eigenvalue weighted by Crippen LogP contribution is -2.09. The second kappa shape index (κ2) is 6.64. The van der Waals surface area contributed by atoms with Crippen LogP contribution in [0.3, 0.4) is 0 Å². The quantitative estimate of drug-likeness (QED) is 0.779. The van der Waals surface area contributed by atoms with Crippen molar-refractivity contribution in [1.29, 1.82) is 0 Å². The van der Waals surface area contributed by atoms with Gasteiger partial charge in [0, 0.05) is 11.0 Å². The van der Waals surface area contributed by atoms with Crippen LogP contribution in [0.2, 0.25) is 0 Å². The average molecular weight is 300 g/mol. The number of aryl methyl sites for hydroxylation is 1. The van der Waals surface area contributed by atoms with Crippen molar-refractivity contribution in [2.75, 3.05) is 11.9 Å². The Morgan fingerprint density at radius 1 is 1.41 bits per heavy atom. The Balaban J connectivity index is 2.85. The van der Waals surface area contributed by atoms with Gasteiger partial charge in [-0.2, -0.15) is 0 Å². The van der Waals surface area contributed by atoms with Crippen LogP contribution < -0.4 is 5.32 Å². The molecule has 0 unspecified atom stereocenters. The van der Waals surface area contributed by atoms with E-state index in [4.69, 9.17) is 5.11 Å². The minimum Gasteiger partial charge on any atom is -0.478 e. The van der Waals surface area contributed by atoms with Gasteiger partial charge in [0.25, 0.3) is 0 Å². The summed E-state index contributed by atoms with van der Waals surface area (Å²) in [6.07, 6.45) is 3.38. The van der Waals surface area contributed by atoms with Crippen molar-refractivity contribution in [3.05, 3.63) is 27.7 Å². The van der Waals surface area contributed by atoms with E-state index in [-0.39, 0.29) is 0 Å². The highest BCUT2D eigenvalue weighted by molar-refractivity contribution is 9.10. The van der Waals surface area contributed by atoms with Gasteiger partial charge in [0.05, 0.1) is 11.3 Å². The number of rotatable bonds is 6. The van der Waals surface area contributed by atoms with Crippen molar-refractivity contribution in [1.82, 2.24) is 0 Å². The van der Waals surface area contributed by atoms with E-state index < -0.39 is 5.97 Å². The molecule has 0 amide bonds. The highest BCUT2D eigenvalue weighted by Crippen LogP contribution is 2.26. The number of carboxylic acids is 1. The molecule has 0 saturated heterocycles. The number of unbranched alkanes of at least 4 members (excludes halogenated alkanes) is 2. The predicted octanol–water partition coefficient (Wildman–Crippen LogP) is 4.06. The number of aromatic carboxylic acids is 1. The van der Waals surface area contributed by atoms with E-state index in [0.29, 0.717) is 5.56 Å². The normalized spacial score (nSPS) is 10.3. The molecule has 4 heteroatoms. The fraction of sp³-hybridized carbons (Fsp3) is 0.462. The molecule has 0 fully saturated rings. The molecule has 0 saturated carbocycles. The summed E-state index contributed by atoms with van der Waals surface area (Å²) in [5.41, 5.74) is 2.01. The third kappa shape index (κ3) is 4.04. The Hall–Kier alpha value is -1.03. The monoisotopic (exact) mass is 299 g/mol. The second-order valence-electron chi connectivity index (χ2n) is 4.08. The maximum Gasteiger partial charge on any atom is 0.337 e. The van der Waals surface area contributed by atoms with E-state index in [9.17, 15) is 4.79 Å². The lowest BCUT2D eigenvalue weighted by atomic mass is 10.1. The molecule has 17 heavy (non-hydrogen) atoms. The minimum atomic E-state index is -0.896. The van der Waals surface area contributed by atoms with Crippen LogP contribution in [0.15, 0.2) is 16.6 Å². The summed E-state index contributed by atoms with van der Waals surface area (Å²) in [6.45, 7) is 4.88. The topological polar surface area (TPSA) is 49.3 Å². The molecule has 0 atom stereocenters. The lowest BCUT2D eigenvalue weighted by molar-refractivity contribution is 0.0697. The summed E-state index contributed by atoms with van der Waals surface area (Å²) in [5, 5.41) is 12.4. The van der Waals surface area contributed by atoms with Crippen molar-refractivity contribution in [2.45, 2.75) is 33.1 Å². The lowest BCUT2D eigenvalue weighted by Gasteiger charge is -2.13. The van der Waals surface area contributed by atoms with Gasteiger partial charge in [0.2, 0.25) is 0 Å². The Kier molecular flexibility index (Phi) is 5.48. The molecule has 1 rings (SSSR count). The van der Waals surface area contributed by atoms with E-state index in [2.05, 4.69) is 28.2 Å². The van der Waals surface area contributed by atoms with Gasteiger partial charge in [0.1, 0.15) is 0 Å². The van der Waals surface area contributed by atoms with Gasteiger partial charge in [-0.1, -0.05) is 35.7 Å². The SMILES string of the molecule is CCCCCNc1c(C)cc(Br)cc1C(=O)O. The molecule has 94 valence electrons. The van der Waals surface area contributed by atoms with Gasteiger partial charge < -0.3 is 10.4 Å². The number of anilines is 1. The van der Waals surface area contributed by atoms with Gasteiger partial charge in [-0.3, -0.25) is 0 Å². The van der Waals surface area contributed by atoms with Crippen LogP contribution in [0.25, 0.3) is 0 Å². The predicted molar refractivity (Wildman–Crippen MR) is 73.9 cm³/mol. The first-order valence-electron chi connectivity index (χ1n) is 5.83. The molecule has 0 aromatic heterocycles. The summed E-state index contributed by atoms with van der Waals surface area (Å²) in [6, 6.07) is 3.56. The zero-order valence-electron chi connectivity index (χ0n) is 10.2. The van der Waals surface area contributed by atoms with Gasteiger partial charge in [-0.05, 0) is 31.0 Å². The molecule has 0 aliphatic rings. The maximum atomic E-state index is 11.2. The first-order chi connectivity index (χ1) is 8.06. The number of halogens is 1. The smallest absolute Gasteiger partial charge is 0.337 e. The molecule has 2 N–H and O–H groups in total. The molecule has 0 bridgehead atoms. The molecule has 3 nitrogen and oxygen atoms in total. The third-order valence-electron chi connectivity index (χ3n) is 2.61. The molecule has 0 spiro atoms. The Morgan fingerprint density at radius 2 is 2.12 bits per heavy atom. The summed E-state index contributed by atoms with van der Waals surface area (Å²) >= 11 is 3.32. The Morgan fingerprint density at radius 3 is 2.71 bits per heavy atom. The number of benzene rings is 1. The average Bonchev–Trinajstić information content (AvgIpc) is 2.25. The van der Waals surface area contributed by atoms with Crippen LogP contribution in [0.1, 0.15) is 42.1 Å². The van der Waals surface area contributed by atoms with Crippen molar-refractivity contribution in [2.24, 2.45) is 0 Å². The van der Waals surface area contributed by atoms with Crippen molar-refractivity contribution < 1.29 is 9.90 Å². The van der Waals surface area contributed by atoms with Gasteiger partial charge in [-0.25, -0.2) is 4.79 Å². The van der Waals surface area contributed by atoms with Crippen LogP contribution in [-0.4, -0.2) is 17.6 Å². The summed E-state index contributed by atoms with van der Waals surface area (Å²) < 4.78 is 0.798. The number of hydrogen-bond donors (Lipinski definition) is 2. The zero-order chi connectivity index (χ0) is 12.8. The molecule has 0 aliphatic heterocycles. The Labute approximate surface area is 110 Å². The zero-order valence-corrected chi connectivity index (χ0v) is 11.8. The number of nitrogens with one attached hydrogen (secondary N) is 1. The molecule has 1 aromatic rings. The van der Waals surface area contributed by atoms with Crippen LogP contribution >= 0.6 is 15.9 Å². The first-order valence-corrected chi connectivity index (χ1v) is 6.63. The highest BCUT2D eigenvalue weighted by atomic mass is 79.9. The van der Waals surface area contributed by atoms with E-state index in [1.807, 2.05) is 13.0 Å². The maximum absolute atomic E-state index is 11.2. The van der Waals surface area contributed by atoms with E-state index in [0.717, 1.165) is 41.5 Å². The van der Waals surface area contributed by atoms with Gasteiger partial charge in [-0.15, -0.1) is 0 Å². The standard InChI is InChI=1S/C13H18BrNO2/c1-3-4-5-6-15-12-9(2)7-10(14)8-11(12)13(16)17/h7-8,15H,3-6H2,1-2H3,(H,16,17). The van der Waals surface area contributed by atoms with Crippen molar-refractivity contribution in [3.8, 4) is 0 Å². The Bertz CT molecular complexity index is 405. The molecule has 1 aromatic carbocycles. The summed E-state index contributed by atoms with van der Waals surface area (Å²) in [5.74, 6) is -0.896. The summed E-state index contributed by atoms with van der Waals surface area (Å²) in [7, 11) is 0. The van der Waals surface area contributed by atoms with Crippen LogP contribution in [0.5, 0.6) is 0 Å². The van der Waals surface area contributed by atoms with Crippen molar-refractivity contribution >= 4 is 27.6 Å². The molecular formula is C13H18BrNO2.